The average Bonchev–Trinajstić information content (AvgIpc) is 2.41. The quantitative estimate of drug-likeness (QED) is 0.247. The Labute approximate surface area is 127 Å². The predicted molar refractivity (Wildman–Crippen MR) is 82.6 cm³/mol. The summed E-state index contributed by atoms with van der Waals surface area (Å²) in [5.41, 5.74) is 5.49. The number of aromatic hydroxyl groups is 2. The van der Waals surface area contributed by atoms with Crippen molar-refractivity contribution in [2.24, 2.45) is 10.7 Å². The molecule has 1 aromatic rings. The molecule has 1 unspecified atom stereocenters. The molecule has 0 aliphatic carbocycles. The van der Waals surface area contributed by atoms with E-state index >= 15 is 0 Å². The molecule has 0 aliphatic rings. The lowest BCUT2D eigenvalue weighted by Gasteiger charge is -2.12. The molecule has 22 heavy (non-hydrogen) atoms. The van der Waals surface area contributed by atoms with Crippen LogP contribution in [0.5, 0.6) is 11.5 Å². The van der Waals surface area contributed by atoms with Gasteiger partial charge in [-0.3, -0.25) is 10.4 Å². The van der Waals surface area contributed by atoms with E-state index in [1.165, 1.54) is 25.1 Å². The molecule has 0 radical (unpaired) electrons. The lowest BCUT2D eigenvalue weighted by Crippen LogP contribution is -2.31. The number of carboxylic acids is 1. The van der Waals surface area contributed by atoms with Crippen LogP contribution in [0, 0.1) is 5.41 Å². The molecule has 0 saturated carbocycles. The van der Waals surface area contributed by atoms with Crippen molar-refractivity contribution in [2.45, 2.75) is 25.8 Å². The molecule has 1 atom stereocenters. The van der Waals surface area contributed by atoms with E-state index < -0.39 is 12.0 Å². The van der Waals surface area contributed by atoms with Crippen LogP contribution >= 0.6 is 0 Å². The van der Waals surface area contributed by atoms with Crippen LogP contribution < -0.4 is 11.1 Å². The zero-order valence-electron chi connectivity index (χ0n) is 12.2. The van der Waals surface area contributed by atoms with Gasteiger partial charge in [0.1, 0.15) is 17.5 Å². The number of hydrogen-bond donors (Lipinski definition) is 6. The Hall–Kier alpha value is -2.77. The van der Waals surface area contributed by atoms with Gasteiger partial charge in [0, 0.05) is 12.3 Å². The summed E-state index contributed by atoms with van der Waals surface area (Å²) >= 11 is 0. The largest absolute Gasteiger partial charge is 0.507 e. The Balaban J connectivity index is 2.84. The molecular weight excluding hydrogens is 288 g/mol. The molecule has 1 rings (SSSR count). The Morgan fingerprint density at radius 1 is 1.41 bits per heavy atom. The summed E-state index contributed by atoms with van der Waals surface area (Å²) < 4.78 is 0. The number of benzene rings is 1. The van der Waals surface area contributed by atoms with Crippen LogP contribution in [0.25, 0.3) is 0 Å². The number of nitrogens with two attached hydrogens (primary N) is 1. The van der Waals surface area contributed by atoms with Crippen molar-refractivity contribution in [3.05, 3.63) is 23.8 Å². The highest BCUT2D eigenvalue weighted by Crippen LogP contribution is 2.27. The second-order valence-electron chi connectivity index (χ2n) is 4.72. The van der Waals surface area contributed by atoms with Crippen LogP contribution in [-0.4, -0.2) is 45.5 Å². The van der Waals surface area contributed by atoms with Crippen molar-refractivity contribution in [1.29, 1.82) is 5.41 Å². The number of carbonyl (C=O) groups is 1. The standard InChI is InChI=1S/C14H20N4O4/c1-8(12-10(19)5-2-6-11(12)20)18-9(13(21)22)4-3-7-17-14(15)16/h2,5-6,9,19-20H,3-4,7H2,1H3,(H,21,22)(H4,15,16,17)/b18-8+. The number of rotatable bonds is 7. The van der Waals surface area contributed by atoms with Crippen molar-refractivity contribution in [3.8, 4) is 11.5 Å². The number of phenolic OH excluding ortho intramolecular Hbond substituents is 2. The second-order valence-corrected chi connectivity index (χ2v) is 4.72. The number of aliphatic carboxylic acids is 1. The van der Waals surface area contributed by atoms with Crippen LogP contribution in [0.1, 0.15) is 25.3 Å². The van der Waals surface area contributed by atoms with Gasteiger partial charge in [-0.05, 0) is 31.9 Å². The highest BCUT2D eigenvalue weighted by atomic mass is 16.4. The number of nitrogens with zero attached hydrogens (tertiary/aromatic N) is 1. The molecular formula is C14H20N4O4. The van der Waals surface area contributed by atoms with Gasteiger partial charge >= 0.3 is 5.97 Å². The summed E-state index contributed by atoms with van der Waals surface area (Å²) in [5.74, 6) is -1.60. The number of aliphatic imine (C=N–C) groups is 1. The first-order valence-corrected chi connectivity index (χ1v) is 6.69. The second kappa shape index (κ2) is 7.87. The van der Waals surface area contributed by atoms with Crippen molar-refractivity contribution in [2.75, 3.05) is 6.54 Å². The van der Waals surface area contributed by atoms with Crippen molar-refractivity contribution in [1.82, 2.24) is 5.32 Å². The van der Waals surface area contributed by atoms with Crippen molar-refractivity contribution >= 4 is 17.6 Å². The Morgan fingerprint density at radius 3 is 2.50 bits per heavy atom. The fourth-order valence-electron chi connectivity index (χ4n) is 1.96. The molecule has 1 aromatic carbocycles. The minimum absolute atomic E-state index is 0.121. The lowest BCUT2D eigenvalue weighted by molar-refractivity contribution is -0.138. The van der Waals surface area contributed by atoms with E-state index in [4.69, 9.17) is 11.1 Å². The first-order valence-electron chi connectivity index (χ1n) is 6.69. The van der Waals surface area contributed by atoms with Gasteiger partial charge < -0.3 is 26.4 Å². The van der Waals surface area contributed by atoms with Crippen molar-refractivity contribution < 1.29 is 20.1 Å². The molecule has 0 spiro atoms. The zero-order chi connectivity index (χ0) is 16.7. The van der Waals surface area contributed by atoms with Gasteiger partial charge in [-0.25, -0.2) is 4.79 Å². The molecule has 0 saturated heterocycles. The SMILES string of the molecule is C/C(=N\C(CCCNC(=N)N)C(=O)O)c1c(O)cccc1O. The molecule has 0 amide bonds. The third-order valence-electron chi connectivity index (χ3n) is 2.99. The minimum atomic E-state index is -1.10. The highest BCUT2D eigenvalue weighted by molar-refractivity contribution is 6.04. The van der Waals surface area contributed by atoms with Gasteiger partial charge in [0.25, 0.3) is 0 Å². The van der Waals surface area contributed by atoms with Gasteiger partial charge in [-0.2, -0.15) is 0 Å². The summed E-state index contributed by atoms with van der Waals surface area (Å²) in [4.78, 5) is 15.3. The first kappa shape index (κ1) is 17.3. The van der Waals surface area contributed by atoms with Crippen LogP contribution in [-0.2, 0) is 4.79 Å². The summed E-state index contributed by atoms with van der Waals surface area (Å²) in [5, 5.41) is 38.3. The average molecular weight is 308 g/mol. The predicted octanol–water partition coefficient (Wildman–Crippen LogP) is 0.623. The van der Waals surface area contributed by atoms with Crippen molar-refractivity contribution in [3.63, 3.8) is 0 Å². The van der Waals surface area contributed by atoms with Crippen LogP contribution in [0.3, 0.4) is 0 Å². The van der Waals surface area contributed by atoms with Gasteiger partial charge in [-0.15, -0.1) is 0 Å². The molecule has 8 nitrogen and oxygen atoms in total. The maximum Gasteiger partial charge on any atom is 0.328 e. The molecule has 0 heterocycles. The third kappa shape index (κ3) is 4.97. The smallest absolute Gasteiger partial charge is 0.328 e. The summed E-state index contributed by atoms with van der Waals surface area (Å²) in [6.45, 7) is 1.90. The Kier molecular flexibility index (Phi) is 6.18. The maximum atomic E-state index is 11.2. The molecule has 120 valence electrons. The van der Waals surface area contributed by atoms with E-state index in [0.29, 0.717) is 13.0 Å². The van der Waals surface area contributed by atoms with Crippen LogP contribution in [0.4, 0.5) is 0 Å². The molecule has 0 fully saturated rings. The normalized spacial score (nSPS) is 12.7. The van der Waals surface area contributed by atoms with Gasteiger partial charge in [0.2, 0.25) is 0 Å². The molecule has 0 bridgehead atoms. The van der Waals surface area contributed by atoms with E-state index in [9.17, 15) is 20.1 Å². The van der Waals surface area contributed by atoms with Crippen LogP contribution in [0.2, 0.25) is 0 Å². The van der Waals surface area contributed by atoms with E-state index in [0.717, 1.165) is 0 Å². The fraction of sp³-hybridized carbons (Fsp3) is 0.357. The number of guanidine groups is 1. The Bertz CT molecular complexity index is 566. The first-order chi connectivity index (χ1) is 10.3. The molecule has 7 N–H and O–H groups in total. The lowest BCUT2D eigenvalue weighted by atomic mass is 10.1. The van der Waals surface area contributed by atoms with Gasteiger partial charge in [0.15, 0.2) is 5.96 Å². The van der Waals surface area contributed by atoms with E-state index in [-0.39, 0.29) is 35.2 Å². The third-order valence-corrected chi connectivity index (χ3v) is 2.99. The maximum absolute atomic E-state index is 11.2. The number of hydrogen-bond acceptors (Lipinski definition) is 5. The topological polar surface area (TPSA) is 152 Å². The van der Waals surface area contributed by atoms with E-state index in [1.807, 2.05) is 0 Å². The summed E-state index contributed by atoms with van der Waals surface area (Å²) in [6, 6.07) is 3.25. The molecule has 8 heteroatoms. The van der Waals surface area contributed by atoms with Crippen LogP contribution in [0.15, 0.2) is 23.2 Å². The number of carboxylic acid groups (broad SMARTS) is 1. The fourth-order valence-corrected chi connectivity index (χ4v) is 1.96. The number of nitrogens with one attached hydrogen (secondary N) is 2. The summed E-state index contributed by atoms with van der Waals surface area (Å²) in [6.07, 6.45) is 0.696. The molecule has 0 aliphatic heterocycles. The van der Waals surface area contributed by atoms with Gasteiger partial charge in [0.05, 0.1) is 5.56 Å². The van der Waals surface area contributed by atoms with E-state index in [1.54, 1.807) is 0 Å². The summed E-state index contributed by atoms with van der Waals surface area (Å²) in [7, 11) is 0. The molecule has 0 aromatic heterocycles. The van der Waals surface area contributed by atoms with E-state index in [2.05, 4.69) is 10.3 Å². The van der Waals surface area contributed by atoms with Gasteiger partial charge in [-0.1, -0.05) is 6.07 Å². The zero-order valence-corrected chi connectivity index (χ0v) is 12.2. The number of phenols is 2. The minimum Gasteiger partial charge on any atom is -0.507 e. The Morgan fingerprint density at radius 2 is 2.00 bits per heavy atom. The monoisotopic (exact) mass is 308 g/mol. The highest BCUT2D eigenvalue weighted by Gasteiger charge is 2.18.